The van der Waals surface area contributed by atoms with Crippen LogP contribution in [0.15, 0.2) is 36.4 Å². The first kappa shape index (κ1) is 26.7. The first-order valence-electron chi connectivity index (χ1n) is 12.8. The standard InChI is InChI=1S/2C15H16N2O3/c2*1-8-9(2)15(16-10(3)14(8)18)17-11-4-5-12-13(6-11)20-7-19-12/h2*4-6,18H,7H2,1-3H3,(H,16,17). The molecule has 0 bridgehead atoms. The molecule has 0 saturated carbocycles. The van der Waals surface area contributed by atoms with Gasteiger partial charge in [-0.1, -0.05) is 0 Å². The lowest BCUT2D eigenvalue weighted by atomic mass is 10.1. The Bertz CT molecular complexity index is 1490. The minimum Gasteiger partial charge on any atom is -0.506 e. The predicted octanol–water partition coefficient (Wildman–Crippen LogP) is 6.37. The van der Waals surface area contributed by atoms with Gasteiger partial charge in [0, 0.05) is 23.5 Å². The Hall–Kier alpha value is -4.86. The third kappa shape index (κ3) is 5.20. The molecule has 2 aliphatic rings. The summed E-state index contributed by atoms with van der Waals surface area (Å²) in [6.45, 7) is 11.7. The van der Waals surface area contributed by atoms with Crippen LogP contribution in [0.4, 0.5) is 23.0 Å². The molecule has 0 unspecified atom stereocenters. The lowest BCUT2D eigenvalue weighted by Gasteiger charge is -2.14. The molecule has 10 nitrogen and oxygen atoms in total. The van der Waals surface area contributed by atoms with Crippen LogP contribution in [0.5, 0.6) is 34.5 Å². The van der Waals surface area contributed by atoms with Gasteiger partial charge < -0.3 is 39.8 Å². The van der Waals surface area contributed by atoms with Crippen LogP contribution in [0.25, 0.3) is 0 Å². The third-order valence-corrected chi connectivity index (χ3v) is 7.06. The number of anilines is 4. The average molecular weight is 545 g/mol. The second kappa shape index (κ2) is 10.7. The highest BCUT2D eigenvalue weighted by atomic mass is 16.7. The summed E-state index contributed by atoms with van der Waals surface area (Å²) < 4.78 is 21.3. The van der Waals surface area contributed by atoms with Crippen LogP contribution in [0, 0.1) is 41.5 Å². The Morgan fingerprint density at radius 1 is 0.550 bits per heavy atom. The van der Waals surface area contributed by atoms with Gasteiger partial charge in [0.1, 0.15) is 23.1 Å². The summed E-state index contributed by atoms with van der Waals surface area (Å²) >= 11 is 0. The lowest BCUT2D eigenvalue weighted by molar-refractivity contribution is 0.173. The number of aromatic hydroxyl groups is 2. The zero-order valence-corrected chi connectivity index (χ0v) is 23.3. The molecule has 10 heteroatoms. The first-order valence-corrected chi connectivity index (χ1v) is 12.8. The molecule has 0 fully saturated rings. The van der Waals surface area contributed by atoms with Crippen LogP contribution in [0.1, 0.15) is 33.6 Å². The Balaban J connectivity index is 0.000000161. The van der Waals surface area contributed by atoms with Gasteiger partial charge in [-0.2, -0.15) is 0 Å². The van der Waals surface area contributed by atoms with Crippen LogP contribution in [0.2, 0.25) is 0 Å². The van der Waals surface area contributed by atoms with Crippen molar-refractivity contribution in [2.45, 2.75) is 41.5 Å². The maximum absolute atomic E-state index is 9.88. The molecule has 0 spiro atoms. The molecule has 2 aliphatic heterocycles. The third-order valence-electron chi connectivity index (χ3n) is 7.06. The molecule has 40 heavy (non-hydrogen) atoms. The van der Waals surface area contributed by atoms with Crippen molar-refractivity contribution >= 4 is 23.0 Å². The van der Waals surface area contributed by atoms with E-state index >= 15 is 0 Å². The maximum atomic E-state index is 9.88. The van der Waals surface area contributed by atoms with Crippen molar-refractivity contribution in [1.29, 1.82) is 0 Å². The monoisotopic (exact) mass is 544 g/mol. The van der Waals surface area contributed by atoms with Crippen LogP contribution in [0.3, 0.4) is 0 Å². The van der Waals surface area contributed by atoms with Crippen LogP contribution in [-0.2, 0) is 0 Å². The quantitative estimate of drug-likeness (QED) is 0.230. The second-order valence-corrected chi connectivity index (χ2v) is 9.67. The maximum Gasteiger partial charge on any atom is 0.231 e. The normalized spacial score (nSPS) is 12.6. The summed E-state index contributed by atoms with van der Waals surface area (Å²) in [5, 5.41) is 26.3. The van der Waals surface area contributed by atoms with Gasteiger partial charge >= 0.3 is 0 Å². The molecular formula is C30H32N4O6. The lowest BCUT2D eigenvalue weighted by Crippen LogP contribution is -2.00. The fourth-order valence-corrected chi connectivity index (χ4v) is 4.33. The SMILES string of the molecule is Cc1nc(Nc2ccc3c(c2)OCO3)c(C)c(C)c1O.Cc1nc(Nc2ccc3c(c2)OCO3)c(C)c(C)c1O. The van der Waals surface area contributed by atoms with E-state index in [0.29, 0.717) is 11.4 Å². The number of fused-ring (bicyclic) bond motifs is 2. The van der Waals surface area contributed by atoms with Crippen molar-refractivity contribution in [3.63, 3.8) is 0 Å². The van der Waals surface area contributed by atoms with Crippen LogP contribution >= 0.6 is 0 Å². The Morgan fingerprint density at radius 3 is 1.32 bits per heavy atom. The van der Waals surface area contributed by atoms with E-state index in [1.54, 1.807) is 13.8 Å². The number of pyridine rings is 2. The van der Waals surface area contributed by atoms with E-state index in [9.17, 15) is 10.2 Å². The van der Waals surface area contributed by atoms with Crippen LogP contribution < -0.4 is 29.6 Å². The fourth-order valence-electron chi connectivity index (χ4n) is 4.33. The van der Waals surface area contributed by atoms with Gasteiger partial charge in [0.2, 0.25) is 13.6 Å². The highest BCUT2D eigenvalue weighted by Gasteiger charge is 2.17. The number of rotatable bonds is 4. The average Bonchev–Trinajstić information content (AvgIpc) is 3.61. The summed E-state index contributed by atoms with van der Waals surface area (Å²) in [6, 6.07) is 11.3. The van der Waals surface area contributed by atoms with Crippen molar-refractivity contribution in [3.05, 3.63) is 70.0 Å². The molecule has 0 aliphatic carbocycles. The Morgan fingerprint density at radius 2 is 0.925 bits per heavy atom. The largest absolute Gasteiger partial charge is 0.506 e. The Kier molecular flexibility index (Phi) is 7.17. The molecule has 4 heterocycles. The summed E-state index contributed by atoms with van der Waals surface area (Å²) in [4.78, 5) is 8.78. The van der Waals surface area contributed by atoms with Gasteiger partial charge in [0.05, 0.1) is 11.4 Å². The number of ether oxygens (including phenoxy) is 4. The summed E-state index contributed by atoms with van der Waals surface area (Å²) in [7, 11) is 0. The van der Waals surface area contributed by atoms with Crippen molar-refractivity contribution < 1.29 is 29.2 Å². The van der Waals surface area contributed by atoms with Gasteiger partial charge in [-0.3, -0.25) is 0 Å². The Labute approximate surface area is 232 Å². The summed E-state index contributed by atoms with van der Waals surface area (Å²) in [5.41, 5.74) is 6.47. The van der Waals surface area contributed by atoms with E-state index in [2.05, 4.69) is 20.6 Å². The van der Waals surface area contributed by atoms with E-state index in [0.717, 1.165) is 68.3 Å². The molecule has 2 aromatic heterocycles. The zero-order chi connectivity index (χ0) is 28.6. The molecule has 6 rings (SSSR count). The number of aromatic nitrogens is 2. The smallest absolute Gasteiger partial charge is 0.231 e. The van der Waals surface area contributed by atoms with E-state index in [-0.39, 0.29) is 25.1 Å². The molecule has 4 N–H and O–H groups in total. The number of hydrogen-bond donors (Lipinski definition) is 4. The molecule has 208 valence electrons. The fraction of sp³-hybridized carbons (Fsp3) is 0.267. The number of nitrogens with zero attached hydrogens (tertiary/aromatic N) is 2. The predicted molar refractivity (Wildman–Crippen MR) is 152 cm³/mol. The van der Waals surface area contributed by atoms with E-state index in [4.69, 9.17) is 18.9 Å². The minimum absolute atomic E-state index is 0.249. The van der Waals surface area contributed by atoms with Crippen molar-refractivity contribution in [1.82, 2.24) is 9.97 Å². The minimum atomic E-state index is 0.249. The van der Waals surface area contributed by atoms with Crippen molar-refractivity contribution in [3.8, 4) is 34.5 Å². The molecule has 0 amide bonds. The first-order chi connectivity index (χ1) is 19.1. The molecule has 0 radical (unpaired) electrons. The number of hydrogen-bond acceptors (Lipinski definition) is 10. The van der Waals surface area contributed by atoms with E-state index in [1.165, 1.54) is 0 Å². The van der Waals surface area contributed by atoms with Crippen molar-refractivity contribution in [2.24, 2.45) is 0 Å². The van der Waals surface area contributed by atoms with Gasteiger partial charge in [-0.25, -0.2) is 9.97 Å². The highest BCUT2D eigenvalue weighted by molar-refractivity contribution is 5.67. The van der Waals surface area contributed by atoms with Gasteiger partial charge in [-0.15, -0.1) is 0 Å². The van der Waals surface area contributed by atoms with Gasteiger partial charge in [-0.05, 0) is 88.1 Å². The van der Waals surface area contributed by atoms with Crippen molar-refractivity contribution in [2.75, 3.05) is 24.2 Å². The number of benzene rings is 2. The second-order valence-electron chi connectivity index (χ2n) is 9.67. The molecule has 2 aromatic carbocycles. The topological polar surface area (TPSA) is 127 Å². The van der Waals surface area contributed by atoms with E-state index < -0.39 is 0 Å². The molecular weight excluding hydrogens is 512 g/mol. The summed E-state index contributed by atoms with van der Waals surface area (Å²) in [6.07, 6.45) is 0. The molecule has 0 atom stereocenters. The summed E-state index contributed by atoms with van der Waals surface area (Å²) in [5.74, 6) is 4.90. The number of aryl methyl sites for hydroxylation is 2. The van der Waals surface area contributed by atoms with Gasteiger partial charge in [0.25, 0.3) is 0 Å². The van der Waals surface area contributed by atoms with E-state index in [1.807, 2.05) is 64.1 Å². The molecule has 0 saturated heterocycles. The van der Waals surface area contributed by atoms with Gasteiger partial charge in [0.15, 0.2) is 23.0 Å². The van der Waals surface area contributed by atoms with Crippen LogP contribution in [-0.4, -0.2) is 33.8 Å². The molecule has 4 aromatic rings. The number of nitrogens with one attached hydrogen (secondary N) is 2. The highest BCUT2D eigenvalue weighted by Crippen LogP contribution is 2.37. The zero-order valence-electron chi connectivity index (χ0n) is 23.3.